The number of ether oxygens (including phenoxy) is 2. The highest BCUT2D eigenvalue weighted by molar-refractivity contribution is 5.42. The van der Waals surface area contributed by atoms with Gasteiger partial charge in [0.15, 0.2) is 0 Å². The number of unbranched alkanes of at least 4 members (excludes halogenated alkanes) is 1. The second-order valence-electron chi connectivity index (χ2n) is 5.48. The van der Waals surface area contributed by atoms with Gasteiger partial charge in [-0.05, 0) is 18.4 Å². The summed E-state index contributed by atoms with van der Waals surface area (Å²) in [6, 6.07) is 6.00. The normalized spacial score (nSPS) is 13.8. The number of hydrogen-bond acceptors (Lipinski definition) is 4. The molecule has 0 saturated heterocycles. The van der Waals surface area contributed by atoms with Crippen molar-refractivity contribution in [3.8, 4) is 11.5 Å². The van der Waals surface area contributed by atoms with Crippen molar-refractivity contribution in [2.75, 3.05) is 14.2 Å². The molecule has 0 amide bonds. The van der Waals surface area contributed by atoms with E-state index in [0.29, 0.717) is 5.92 Å². The molecule has 1 aromatic rings. The minimum atomic E-state index is 0.104. The molecule has 4 heteroatoms. The Morgan fingerprint density at radius 2 is 1.95 bits per heavy atom. The first-order valence-electron chi connectivity index (χ1n) is 7.88. The van der Waals surface area contributed by atoms with Gasteiger partial charge in [-0.1, -0.05) is 45.6 Å². The lowest BCUT2D eigenvalue weighted by Gasteiger charge is -2.24. The molecule has 120 valence electrons. The molecule has 0 aliphatic rings. The van der Waals surface area contributed by atoms with Crippen LogP contribution in [-0.2, 0) is 0 Å². The van der Waals surface area contributed by atoms with Crippen LogP contribution in [0.5, 0.6) is 11.5 Å². The summed E-state index contributed by atoms with van der Waals surface area (Å²) in [4.78, 5) is 0. The molecule has 0 fully saturated rings. The van der Waals surface area contributed by atoms with Crippen LogP contribution in [0, 0.1) is 5.92 Å². The molecule has 1 aromatic carbocycles. The predicted molar refractivity (Wildman–Crippen MR) is 87.5 cm³/mol. The van der Waals surface area contributed by atoms with Gasteiger partial charge in [0.25, 0.3) is 0 Å². The highest BCUT2D eigenvalue weighted by Gasteiger charge is 2.19. The van der Waals surface area contributed by atoms with Gasteiger partial charge in [0.1, 0.15) is 11.5 Å². The zero-order valence-corrected chi connectivity index (χ0v) is 13.8. The van der Waals surface area contributed by atoms with Crippen LogP contribution in [0.1, 0.15) is 57.6 Å². The fraction of sp³-hybridized carbons (Fsp3) is 0.647. The van der Waals surface area contributed by atoms with Crippen molar-refractivity contribution in [1.82, 2.24) is 5.43 Å². The fourth-order valence-corrected chi connectivity index (χ4v) is 2.71. The number of benzene rings is 1. The molecule has 0 aromatic heterocycles. The van der Waals surface area contributed by atoms with Gasteiger partial charge < -0.3 is 9.47 Å². The van der Waals surface area contributed by atoms with Gasteiger partial charge in [-0.2, -0.15) is 0 Å². The monoisotopic (exact) mass is 294 g/mol. The molecule has 1 rings (SSSR count). The Morgan fingerprint density at radius 1 is 1.19 bits per heavy atom. The van der Waals surface area contributed by atoms with Crippen molar-refractivity contribution in [2.24, 2.45) is 11.8 Å². The molecular weight excluding hydrogens is 264 g/mol. The minimum Gasteiger partial charge on any atom is -0.497 e. The average molecular weight is 294 g/mol. The third-order valence-corrected chi connectivity index (χ3v) is 4.13. The Kier molecular flexibility index (Phi) is 8.16. The summed E-state index contributed by atoms with van der Waals surface area (Å²) in [7, 11) is 3.34. The van der Waals surface area contributed by atoms with E-state index in [2.05, 4.69) is 19.3 Å². The van der Waals surface area contributed by atoms with Crippen LogP contribution in [0.3, 0.4) is 0 Å². The maximum Gasteiger partial charge on any atom is 0.127 e. The summed E-state index contributed by atoms with van der Waals surface area (Å²) in [5.74, 6) is 8.09. The van der Waals surface area contributed by atoms with Crippen LogP contribution in [0.15, 0.2) is 18.2 Å². The number of hydrogen-bond donors (Lipinski definition) is 2. The predicted octanol–water partition coefficient (Wildman–Crippen LogP) is 3.81. The quantitative estimate of drug-likeness (QED) is 0.509. The van der Waals surface area contributed by atoms with Crippen molar-refractivity contribution < 1.29 is 9.47 Å². The molecule has 0 spiro atoms. The molecular formula is C17H30N2O2. The Balaban J connectivity index is 2.87. The van der Waals surface area contributed by atoms with E-state index in [0.717, 1.165) is 23.5 Å². The maximum absolute atomic E-state index is 5.79. The average Bonchev–Trinajstić information content (AvgIpc) is 2.54. The first kappa shape index (κ1) is 17.8. The van der Waals surface area contributed by atoms with Gasteiger partial charge in [0.2, 0.25) is 0 Å². The first-order valence-corrected chi connectivity index (χ1v) is 7.88. The first-order chi connectivity index (χ1) is 10.2. The van der Waals surface area contributed by atoms with Crippen LogP contribution >= 0.6 is 0 Å². The van der Waals surface area contributed by atoms with Crippen LogP contribution in [0.25, 0.3) is 0 Å². The molecule has 3 N–H and O–H groups in total. The van der Waals surface area contributed by atoms with E-state index in [9.17, 15) is 0 Å². The molecule has 0 bridgehead atoms. The van der Waals surface area contributed by atoms with E-state index < -0.39 is 0 Å². The second-order valence-corrected chi connectivity index (χ2v) is 5.48. The number of nitrogens with two attached hydrogens (primary N) is 1. The molecule has 0 aliphatic heterocycles. The largest absolute Gasteiger partial charge is 0.497 e. The highest BCUT2D eigenvalue weighted by atomic mass is 16.5. The molecule has 0 aliphatic carbocycles. The lowest BCUT2D eigenvalue weighted by Crippen LogP contribution is -2.30. The van der Waals surface area contributed by atoms with Gasteiger partial charge in [0.05, 0.1) is 14.2 Å². The van der Waals surface area contributed by atoms with Crippen molar-refractivity contribution >= 4 is 0 Å². The van der Waals surface area contributed by atoms with E-state index in [1.807, 2.05) is 18.2 Å². The third kappa shape index (κ3) is 5.21. The molecule has 0 saturated carbocycles. The Hall–Kier alpha value is -1.26. The molecule has 0 radical (unpaired) electrons. The van der Waals surface area contributed by atoms with Gasteiger partial charge in [-0.15, -0.1) is 0 Å². The standard InChI is InChI=1S/C17H30N2O2/c1-5-7-8-13(6-2)11-16(19-18)15-10-9-14(20-3)12-17(15)21-4/h9-10,12-13,16,19H,5-8,11,18H2,1-4H3. The van der Waals surface area contributed by atoms with E-state index in [1.165, 1.54) is 25.7 Å². The lowest BCUT2D eigenvalue weighted by molar-refractivity contribution is 0.341. The summed E-state index contributed by atoms with van der Waals surface area (Å²) in [6.45, 7) is 4.48. The Labute approximate surface area is 129 Å². The molecule has 4 nitrogen and oxygen atoms in total. The lowest BCUT2D eigenvalue weighted by atomic mass is 9.89. The SMILES string of the molecule is CCCCC(CC)CC(NN)c1ccc(OC)cc1OC. The smallest absolute Gasteiger partial charge is 0.127 e. The number of methoxy groups -OCH3 is 2. The van der Waals surface area contributed by atoms with Gasteiger partial charge in [0, 0.05) is 17.7 Å². The van der Waals surface area contributed by atoms with E-state index in [-0.39, 0.29) is 6.04 Å². The maximum atomic E-state index is 5.79. The van der Waals surface area contributed by atoms with Crippen LogP contribution < -0.4 is 20.7 Å². The molecule has 21 heavy (non-hydrogen) atoms. The summed E-state index contributed by atoms with van der Waals surface area (Å²) in [6.07, 6.45) is 5.97. The van der Waals surface area contributed by atoms with E-state index >= 15 is 0 Å². The van der Waals surface area contributed by atoms with E-state index in [4.69, 9.17) is 15.3 Å². The zero-order chi connectivity index (χ0) is 15.7. The number of nitrogens with one attached hydrogen (secondary N) is 1. The number of hydrazine groups is 1. The van der Waals surface area contributed by atoms with Crippen molar-refractivity contribution in [1.29, 1.82) is 0 Å². The van der Waals surface area contributed by atoms with Crippen LogP contribution in [0.4, 0.5) is 0 Å². The Morgan fingerprint density at radius 3 is 2.48 bits per heavy atom. The van der Waals surface area contributed by atoms with Crippen molar-refractivity contribution in [3.05, 3.63) is 23.8 Å². The van der Waals surface area contributed by atoms with Gasteiger partial charge in [-0.3, -0.25) is 11.3 Å². The summed E-state index contributed by atoms with van der Waals surface area (Å²) in [5, 5.41) is 0. The van der Waals surface area contributed by atoms with Crippen LogP contribution in [0.2, 0.25) is 0 Å². The molecule has 2 unspecified atom stereocenters. The Bertz CT molecular complexity index is 410. The van der Waals surface area contributed by atoms with Gasteiger partial charge >= 0.3 is 0 Å². The topological polar surface area (TPSA) is 56.5 Å². The third-order valence-electron chi connectivity index (χ3n) is 4.13. The summed E-state index contributed by atoms with van der Waals surface area (Å²) in [5.41, 5.74) is 4.04. The highest BCUT2D eigenvalue weighted by Crippen LogP contribution is 2.33. The second kappa shape index (κ2) is 9.64. The zero-order valence-electron chi connectivity index (χ0n) is 13.8. The van der Waals surface area contributed by atoms with E-state index in [1.54, 1.807) is 14.2 Å². The van der Waals surface area contributed by atoms with Gasteiger partial charge in [-0.25, -0.2) is 0 Å². The summed E-state index contributed by atoms with van der Waals surface area (Å²) < 4.78 is 10.7. The number of rotatable bonds is 10. The van der Waals surface area contributed by atoms with Crippen molar-refractivity contribution in [2.45, 2.75) is 52.0 Å². The minimum absolute atomic E-state index is 0.104. The molecule has 0 heterocycles. The fourth-order valence-electron chi connectivity index (χ4n) is 2.71. The van der Waals surface area contributed by atoms with Crippen LogP contribution in [-0.4, -0.2) is 14.2 Å². The van der Waals surface area contributed by atoms with Crippen molar-refractivity contribution in [3.63, 3.8) is 0 Å². The summed E-state index contributed by atoms with van der Waals surface area (Å²) >= 11 is 0. The molecule has 2 atom stereocenters.